The standard InChI is InChI=1S/C18H13N3O2/c1-2-4-14(5-3-1)18-20-10-15(11-21-18)19-9-13-6-7-16-17(8-13)23-12-22-16/h1-11H,12H2. The van der Waals surface area contributed by atoms with E-state index in [2.05, 4.69) is 15.0 Å². The van der Waals surface area contributed by atoms with Crippen molar-refractivity contribution in [1.82, 2.24) is 9.97 Å². The molecular weight excluding hydrogens is 290 g/mol. The van der Waals surface area contributed by atoms with Crippen molar-refractivity contribution in [2.45, 2.75) is 0 Å². The quantitative estimate of drug-likeness (QED) is 0.693. The first-order valence-corrected chi connectivity index (χ1v) is 7.20. The van der Waals surface area contributed by atoms with Gasteiger partial charge in [-0.25, -0.2) is 9.97 Å². The van der Waals surface area contributed by atoms with Gasteiger partial charge in [-0.2, -0.15) is 0 Å². The number of hydrogen-bond donors (Lipinski definition) is 0. The molecule has 0 spiro atoms. The summed E-state index contributed by atoms with van der Waals surface area (Å²) in [7, 11) is 0. The molecule has 0 amide bonds. The zero-order valence-corrected chi connectivity index (χ0v) is 12.2. The number of benzene rings is 2. The lowest BCUT2D eigenvalue weighted by Crippen LogP contribution is -1.92. The molecule has 0 saturated heterocycles. The average Bonchev–Trinajstić information content (AvgIpc) is 3.09. The molecule has 1 aromatic heterocycles. The summed E-state index contributed by atoms with van der Waals surface area (Å²) >= 11 is 0. The Labute approximate surface area is 133 Å². The first kappa shape index (κ1) is 13.5. The van der Waals surface area contributed by atoms with Crippen LogP contribution in [0.15, 0.2) is 65.9 Å². The molecule has 0 N–H and O–H groups in total. The van der Waals surface area contributed by atoms with Gasteiger partial charge >= 0.3 is 0 Å². The largest absolute Gasteiger partial charge is 0.454 e. The molecule has 2 aromatic carbocycles. The van der Waals surface area contributed by atoms with Crippen molar-refractivity contribution in [3.8, 4) is 22.9 Å². The van der Waals surface area contributed by atoms with E-state index in [0.717, 1.165) is 22.6 Å². The molecule has 0 atom stereocenters. The van der Waals surface area contributed by atoms with Gasteiger partial charge < -0.3 is 9.47 Å². The van der Waals surface area contributed by atoms with E-state index in [-0.39, 0.29) is 6.79 Å². The molecule has 0 saturated carbocycles. The minimum absolute atomic E-state index is 0.269. The third-order valence-electron chi connectivity index (χ3n) is 3.43. The zero-order chi connectivity index (χ0) is 15.5. The van der Waals surface area contributed by atoms with Gasteiger partial charge in [0.25, 0.3) is 0 Å². The summed E-state index contributed by atoms with van der Waals surface area (Å²) in [5, 5.41) is 0. The SMILES string of the molecule is C(=Nc1cnc(-c2ccccc2)nc1)c1ccc2c(c1)OCO2. The van der Waals surface area contributed by atoms with Crippen LogP contribution in [0.1, 0.15) is 5.56 Å². The number of ether oxygens (including phenoxy) is 2. The first-order valence-electron chi connectivity index (χ1n) is 7.20. The van der Waals surface area contributed by atoms with Crippen LogP contribution >= 0.6 is 0 Å². The lowest BCUT2D eigenvalue weighted by molar-refractivity contribution is 0.174. The molecule has 5 heteroatoms. The van der Waals surface area contributed by atoms with E-state index < -0.39 is 0 Å². The molecule has 0 fully saturated rings. The maximum atomic E-state index is 5.35. The summed E-state index contributed by atoms with van der Waals surface area (Å²) in [6.45, 7) is 0.269. The van der Waals surface area contributed by atoms with E-state index in [0.29, 0.717) is 11.5 Å². The second-order valence-electron chi connectivity index (χ2n) is 5.00. The fourth-order valence-electron chi connectivity index (χ4n) is 2.27. The van der Waals surface area contributed by atoms with Crippen molar-refractivity contribution in [2.75, 3.05) is 6.79 Å². The van der Waals surface area contributed by atoms with Crippen LogP contribution in [-0.4, -0.2) is 23.0 Å². The highest BCUT2D eigenvalue weighted by molar-refractivity contribution is 5.83. The number of fused-ring (bicyclic) bond motifs is 1. The van der Waals surface area contributed by atoms with E-state index >= 15 is 0 Å². The highest BCUT2D eigenvalue weighted by atomic mass is 16.7. The predicted octanol–water partition coefficient (Wildman–Crippen LogP) is 3.62. The smallest absolute Gasteiger partial charge is 0.231 e. The number of aliphatic imine (C=N–C) groups is 1. The third kappa shape index (κ3) is 2.89. The van der Waals surface area contributed by atoms with Crippen molar-refractivity contribution < 1.29 is 9.47 Å². The molecule has 1 aliphatic heterocycles. The molecular formula is C18H13N3O2. The molecule has 3 aromatic rings. The molecule has 4 rings (SSSR count). The van der Waals surface area contributed by atoms with Crippen molar-refractivity contribution in [2.24, 2.45) is 4.99 Å². The lowest BCUT2D eigenvalue weighted by atomic mass is 10.2. The lowest BCUT2D eigenvalue weighted by Gasteiger charge is -2.00. The highest BCUT2D eigenvalue weighted by Crippen LogP contribution is 2.32. The summed E-state index contributed by atoms with van der Waals surface area (Å²) in [5.41, 5.74) is 2.61. The van der Waals surface area contributed by atoms with Crippen molar-refractivity contribution in [1.29, 1.82) is 0 Å². The molecule has 0 radical (unpaired) electrons. The van der Waals surface area contributed by atoms with Crippen LogP contribution in [-0.2, 0) is 0 Å². The Kier molecular flexibility index (Phi) is 3.44. The van der Waals surface area contributed by atoms with E-state index in [9.17, 15) is 0 Å². The van der Waals surface area contributed by atoms with Gasteiger partial charge in [0.15, 0.2) is 17.3 Å². The van der Waals surface area contributed by atoms with Crippen LogP contribution < -0.4 is 9.47 Å². The van der Waals surface area contributed by atoms with Gasteiger partial charge in [0.05, 0.1) is 18.1 Å². The molecule has 2 heterocycles. The van der Waals surface area contributed by atoms with Crippen molar-refractivity contribution in [3.63, 3.8) is 0 Å². The fraction of sp³-hybridized carbons (Fsp3) is 0.0556. The van der Waals surface area contributed by atoms with Gasteiger partial charge in [0.1, 0.15) is 0 Å². The summed E-state index contributed by atoms with van der Waals surface area (Å²) in [6.07, 6.45) is 5.17. The zero-order valence-electron chi connectivity index (χ0n) is 12.2. The summed E-state index contributed by atoms with van der Waals surface area (Å²) in [6, 6.07) is 15.5. The maximum Gasteiger partial charge on any atom is 0.231 e. The second-order valence-corrected chi connectivity index (χ2v) is 5.00. The number of nitrogens with zero attached hydrogens (tertiary/aromatic N) is 3. The minimum Gasteiger partial charge on any atom is -0.454 e. The van der Waals surface area contributed by atoms with Crippen LogP contribution in [0, 0.1) is 0 Å². The van der Waals surface area contributed by atoms with Crippen LogP contribution in [0.5, 0.6) is 11.5 Å². The van der Waals surface area contributed by atoms with Crippen molar-refractivity contribution >= 4 is 11.9 Å². The van der Waals surface area contributed by atoms with Crippen LogP contribution in [0.3, 0.4) is 0 Å². The van der Waals surface area contributed by atoms with Gasteiger partial charge in [-0.3, -0.25) is 4.99 Å². The van der Waals surface area contributed by atoms with Gasteiger partial charge in [-0.15, -0.1) is 0 Å². The maximum absolute atomic E-state index is 5.35. The Hall–Kier alpha value is -3.21. The third-order valence-corrected chi connectivity index (χ3v) is 3.43. The Bertz CT molecular complexity index is 846. The van der Waals surface area contributed by atoms with E-state index in [1.165, 1.54) is 0 Å². The second kappa shape index (κ2) is 5.88. The molecule has 23 heavy (non-hydrogen) atoms. The van der Waals surface area contributed by atoms with Crippen LogP contribution in [0.4, 0.5) is 5.69 Å². The van der Waals surface area contributed by atoms with E-state index in [1.807, 2.05) is 48.5 Å². The normalized spacial score (nSPS) is 12.7. The molecule has 112 valence electrons. The number of rotatable bonds is 3. The molecule has 1 aliphatic rings. The highest BCUT2D eigenvalue weighted by Gasteiger charge is 2.12. The molecule has 0 unspecified atom stereocenters. The summed E-state index contributed by atoms with van der Waals surface area (Å²) in [5.74, 6) is 2.19. The summed E-state index contributed by atoms with van der Waals surface area (Å²) in [4.78, 5) is 13.1. The van der Waals surface area contributed by atoms with Crippen molar-refractivity contribution in [3.05, 3.63) is 66.5 Å². The fourth-order valence-corrected chi connectivity index (χ4v) is 2.27. The van der Waals surface area contributed by atoms with Crippen LogP contribution in [0.2, 0.25) is 0 Å². The monoisotopic (exact) mass is 303 g/mol. The number of aromatic nitrogens is 2. The Morgan fingerprint density at radius 3 is 2.52 bits per heavy atom. The Morgan fingerprint density at radius 1 is 0.913 bits per heavy atom. The van der Waals surface area contributed by atoms with Gasteiger partial charge in [-0.1, -0.05) is 30.3 Å². The van der Waals surface area contributed by atoms with Gasteiger partial charge in [0.2, 0.25) is 6.79 Å². The van der Waals surface area contributed by atoms with Gasteiger partial charge in [0, 0.05) is 11.8 Å². The van der Waals surface area contributed by atoms with Crippen LogP contribution in [0.25, 0.3) is 11.4 Å². The molecule has 0 aliphatic carbocycles. The Balaban J connectivity index is 1.53. The summed E-state index contributed by atoms with van der Waals surface area (Å²) < 4.78 is 10.6. The predicted molar refractivity (Wildman–Crippen MR) is 87.3 cm³/mol. The first-order chi connectivity index (χ1) is 11.4. The van der Waals surface area contributed by atoms with Gasteiger partial charge in [-0.05, 0) is 23.8 Å². The topological polar surface area (TPSA) is 56.6 Å². The minimum atomic E-state index is 0.269. The van der Waals surface area contributed by atoms with E-state index in [1.54, 1.807) is 18.6 Å². The molecule has 5 nitrogen and oxygen atoms in total. The Morgan fingerprint density at radius 2 is 1.70 bits per heavy atom. The molecule has 0 bridgehead atoms. The van der Waals surface area contributed by atoms with E-state index in [4.69, 9.17) is 9.47 Å². The average molecular weight is 303 g/mol. The number of hydrogen-bond acceptors (Lipinski definition) is 5.